The molecule has 0 aliphatic carbocycles. The first-order valence-corrected chi connectivity index (χ1v) is 5.90. The minimum Gasteiger partial charge on any atom is -0.307 e. The number of hydrogen-bond donors (Lipinski definition) is 1. The standard InChI is InChI=1S/C12H19N5/c1-4-17-12(10(2)5-15-17)8-13-6-11-7-14-16(3)9-11/h5,7,9,13H,4,6,8H2,1-3H3. The number of aryl methyl sites for hydroxylation is 3. The largest absolute Gasteiger partial charge is 0.307 e. The van der Waals surface area contributed by atoms with Crippen LogP contribution in [0.3, 0.4) is 0 Å². The summed E-state index contributed by atoms with van der Waals surface area (Å²) in [4.78, 5) is 0. The van der Waals surface area contributed by atoms with Crippen molar-refractivity contribution in [2.75, 3.05) is 0 Å². The van der Waals surface area contributed by atoms with Crippen LogP contribution < -0.4 is 5.32 Å². The highest BCUT2D eigenvalue weighted by Gasteiger charge is 2.05. The van der Waals surface area contributed by atoms with E-state index in [-0.39, 0.29) is 0 Å². The first-order chi connectivity index (χ1) is 8.20. The highest BCUT2D eigenvalue weighted by atomic mass is 15.3. The molecule has 0 saturated heterocycles. The molecule has 5 nitrogen and oxygen atoms in total. The average Bonchev–Trinajstić information content (AvgIpc) is 2.87. The van der Waals surface area contributed by atoms with Crippen LogP contribution in [0.1, 0.15) is 23.7 Å². The molecule has 0 aliphatic heterocycles. The van der Waals surface area contributed by atoms with Gasteiger partial charge in [-0.3, -0.25) is 9.36 Å². The summed E-state index contributed by atoms with van der Waals surface area (Å²) in [5, 5.41) is 11.9. The Morgan fingerprint density at radius 2 is 2.06 bits per heavy atom. The van der Waals surface area contributed by atoms with Crippen molar-refractivity contribution in [2.45, 2.75) is 33.5 Å². The molecule has 1 N–H and O–H groups in total. The van der Waals surface area contributed by atoms with Crippen LogP contribution in [0.15, 0.2) is 18.6 Å². The van der Waals surface area contributed by atoms with Crippen LogP contribution in [0.5, 0.6) is 0 Å². The van der Waals surface area contributed by atoms with Gasteiger partial charge in [-0.2, -0.15) is 10.2 Å². The maximum atomic E-state index is 4.32. The zero-order valence-electron chi connectivity index (χ0n) is 10.6. The van der Waals surface area contributed by atoms with Gasteiger partial charge in [-0.05, 0) is 19.4 Å². The number of rotatable bonds is 5. The summed E-state index contributed by atoms with van der Waals surface area (Å²) in [5.41, 5.74) is 3.70. The van der Waals surface area contributed by atoms with E-state index in [0.29, 0.717) is 0 Å². The molecule has 0 spiro atoms. The SMILES string of the molecule is CCn1ncc(C)c1CNCc1cnn(C)c1. The highest BCUT2D eigenvalue weighted by molar-refractivity contribution is 5.15. The molecule has 2 rings (SSSR count). The lowest BCUT2D eigenvalue weighted by Gasteiger charge is -2.07. The van der Waals surface area contributed by atoms with E-state index in [1.165, 1.54) is 16.8 Å². The third-order valence-corrected chi connectivity index (χ3v) is 2.84. The molecule has 0 radical (unpaired) electrons. The maximum absolute atomic E-state index is 4.32. The molecule has 0 saturated carbocycles. The second-order valence-electron chi connectivity index (χ2n) is 4.22. The predicted octanol–water partition coefficient (Wildman–Crippen LogP) is 1.23. The fourth-order valence-corrected chi connectivity index (χ4v) is 1.90. The molecule has 5 heteroatoms. The summed E-state index contributed by atoms with van der Waals surface area (Å²) in [6.07, 6.45) is 5.83. The van der Waals surface area contributed by atoms with E-state index in [4.69, 9.17) is 0 Å². The van der Waals surface area contributed by atoms with Gasteiger partial charge in [0.2, 0.25) is 0 Å². The van der Waals surface area contributed by atoms with Crippen LogP contribution >= 0.6 is 0 Å². The van der Waals surface area contributed by atoms with E-state index in [1.54, 1.807) is 0 Å². The predicted molar refractivity (Wildman–Crippen MR) is 66.4 cm³/mol. The molecule has 0 bridgehead atoms. The average molecular weight is 233 g/mol. The van der Waals surface area contributed by atoms with Gasteiger partial charge in [-0.15, -0.1) is 0 Å². The first kappa shape index (κ1) is 11.9. The van der Waals surface area contributed by atoms with E-state index in [1.807, 2.05) is 35.0 Å². The van der Waals surface area contributed by atoms with Crippen molar-refractivity contribution in [1.29, 1.82) is 0 Å². The molecular formula is C12H19N5. The summed E-state index contributed by atoms with van der Waals surface area (Å²) >= 11 is 0. The zero-order chi connectivity index (χ0) is 12.3. The summed E-state index contributed by atoms with van der Waals surface area (Å²) in [5.74, 6) is 0. The van der Waals surface area contributed by atoms with Crippen molar-refractivity contribution in [3.63, 3.8) is 0 Å². The maximum Gasteiger partial charge on any atom is 0.0551 e. The molecule has 0 aromatic carbocycles. The first-order valence-electron chi connectivity index (χ1n) is 5.90. The Balaban J connectivity index is 1.91. The van der Waals surface area contributed by atoms with E-state index < -0.39 is 0 Å². The molecule has 0 fully saturated rings. The molecule has 2 heterocycles. The molecule has 92 valence electrons. The highest BCUT2D eigenvalue weighted by Crippen LogP contribution is 2.07. The Kier molecular flexibility index (Phi) is 3.58. The normalized spacial score (nSPS) is 11.0. The van der Waals surface area contributed by atoms with Crippen molar-refractivity contribution in [3.8, 4) is 0 Å². The van der Waals surface area contributed by atoms with Crippen LogP contribution in [0.25, 0.3) is 0 Å². The molecule has 2 aromatic rings. The Morgan fingerprint density at radius 3 is 2.71 bits per heavy atom. The van der Waals surface area contributed by atoms with Gasteiger partial charge in [-0.25, -0.2) is 0 Å². The fourth-order valence-electron chi connectivity index (χ4n) is 1.90. The van der Waals surface area contributed by atoms with Crippen LogP contribution in [0, 0.1) is 6.92 Å². The van der Waals surface area contributed by atoms with Crippen LogP contribution in [-0.2, 0) is 26.7 Å². The van der Waals surface area contributed by atoms with E-state index in [2.05, 4.69) is 29.4 Å². The van der Waals surface area contributed by atoms with Gasteiger partial charge in [0.15, 0.2) is 0 Å². The van der Waals surface area contributed by atoms with Crippen molar-refractivity contribution in [1.82, 2.24) is 24.9 Å². The van der Waals surface area contributed by atoms with Crippen molar-refractivity contribution < 1.29 is 0 Å². The van der Waals surface area contributed by atoms with Crippen LogP contribution in [0.2, 0.25) is 0 Å². The minimum atomic E-state index is 0.835. The summed E-state index contributed by atoms with van der Waals surface area (Å²) < 4.78 is 3.85. The lowest BCUT2D eigenvalue weighted by Crippen LogP contribution is -2.16. The number of nitrogens with zero attached hydrogens (tertiary/aromatic N) is 4. The quantitative estimate of drug-likeness (QED) is 0.845. The van der Waals surface area contributed by atoms with Crippen LogP contribution in [0.4, 0.5) is 0 Å². The van der Waals surface area contributed by atoms with Gasteiger partial charge in [0.05, 0.1) is 18.1 Å². The van der Waals surface area contributed by atoms with E-state index in [9.17, 15) is 0 Å². The Bertz CT molecular complexity index is 483. The summed E-state index contributed by atoms with van der Waals surface area (Å²) in [6, 6.07) is 0. The lowest BCUT2D eigenvalue weighted by atomic mass is 10.2. The molecule has 0 unspecified atom stereocenters. The summed E-state index contributed by atoms with van der Waals surface area (Å²) in [6.45, 7) is 6.80. The van der Waals surface area contributed by atoms with E-state index in [0.717, 1.165) is 19.6 Å². The Hall–Kier alpha value is -1.62. The molecule has 2 aromatic heterocycles. The van der Waals surface area contributed by atoms with Crippen LogP contribution in [-0.4, -0.2) is 19.6 Å². The third kappa shape index (κ3) is 2.74. The smallest absolute Gasteiger partial charge is 0.0551 e. The monoisotopic (exact) mass is 233 g/mol. The molecule has 0 atom stereocenters. The van der Waals surface area contributed by atoms with Crippen molar-refractivity contribution in [3.05, 3.63) is 35.4 Å². The lowest BCUT2D eigenvalue weighted by molar-refractivity contribution is 0.579. The number of nitrogens with one attached hydrogen (secondary N) is 1. The van der Waals surface area contributed by atoms with Crippen molar-refractivity contribution >= 4 is 0 Å². The van der Waals surface area contributed by atoms with Gasteiger partial charge < -0.3 is 5.32 Å². The minimum absolute atomic E-state index is 0.835. The number of aromatic nitrogens is 4. The third-order valence-electron chi connectivity index (χ3n) is 2.84. The number of hydrogen-bond acceptors (Lipinski definition) is 3. The molecule has 0 aliphatic rings. The molecule has 0 amide bonds. The van der Waals surface area contributed by atoms with Crippen molar-refractivity contribution in [2.24, 2.45) is 7.05 Å². The molecular weight excluding hydrogens is 214 g/mol. The van der Waals surface area contributed by atoms with Gasteiger partial charge >= 0.3 is 0 Å². The van der Waals surface area contributed by atoms with Gasteiger partial charge in [0, 0.05) is 38.4 Å². The Morgan fingerprint density at radius 1 is 1.24 bits per heavy atom. The van der Waals surface area contributed by atoms with Gasteiger partial charge in [0.1, 0.15) is 0 Å². The van der Waals surface area contributed by atoms with Gasteiger partial charge in [-0.1, -0.05) is 0 Å². The second kappa shape index (κ2) is 5.14. The van der Waals surface area contributed by atoms with E-state index >= 15 is 0 Å². The topological polar surface area (TPSA) is 47.7 Å². The molecule has 17 heavy (non-hydrogen) atoms. The zero-order valence-corrected chi connectivity index (χ0v) is 10.6. The Labute approximate surface area is 101 Å². The van der Waals surface area contributed by atoms with Gasteiger partial charge in [0.25, 0.3) is 0 Å². The second-order valence-corrected chi connectivity index (χ2v) is 4.22. The fraction of sp³-hybridized carbons (Fsp3) is 0.500. The summed E-state index contributed by atoms with van der Waals surface area (Å²) in [7, 11) is 1.93.